The summed E-state index contributed by atoms with van der Waals surface area (Å²) >= 11 is 0. The Morgan fingerprint density at radius 1 is 1.00 bits per heavy atom. The molecule has 0 bridgehead atoms. The van der Waals surface area contributed by atoms with Crippen molar-refractivity contribution in [3.63, 3.8) is 0 Å². The van der Waals surface area contributed by atoms with Gasteiger partial charge in [-0.15, -0.1) is 0 Å². The molecule has 0 saturated heterocycles. The molecule has 0 aromatic rings. The Hall–Kier alpha value is -0.299. The predicted molar refractivity (Wildman–Crippen MR) is 119 cm³/mol. The van der Waals surface area contributed by atoms with Crippen LogP contribution in [-0.2, 0) is 22.5 Å². The van der Waals surface area contributed by atoms with E-state index in [0.29, 0.717) is 12.2 Å². The minimum atomic E-state index is -2.24. The molecule has 0 heterocycles. The van der Waals surface area contributed by atoms with Crippen LogP contribution < -0.4 is 0 Å². The molecule has 0 fully saturated rings. The predicted octanol–water partition coefficient (Wildman–Crippen LogP) is 4.28. The number of aliphatic hydroxyl groups excluding tert-OH is 1. The van der Waals surface area contributed by atoms with Gasteiger partial charge in [-0.1, -0.05) is 14.0 Å². The lowest BCUT2D eigenvalue weighted by Crippen LogP contribution is -2.52. The molecule has 0 radical (unpaired) electrons. The van der Waals surface area contributed by atoms with E-state index in [4.69, 9.17) is 17.7 Å². The summed E-state index contributed by atoms with van der Waals surface area (Å²) in [6.45, 7) is 20.9. The summed E-state index contributed by atoms with van der Waals surface area (Å²) in [6, 6.07) is 0.863. The van der Waals surface area contributed by atoms with Gasteiger partial charge in [-0.25, -0.2) is 4.79 Å². The molecule has 0 aliphatic heterocycles. The molecule has 0 aromatic carbocycles. The largest absolute Gasteiger partial charge is 0.460 e. The molecule has 0 aromatic heterocycles. The summed E-state index contributed by atoms with van der Waals surface area (Å²) in [7, 11) is -5.61. The van der Waals surface area contributed by atoms with Crippen LogP contribution in [0.15, 0.2) is 12.2 Å². The maximum Gasteiger partial charge on any atom is 0.333 e. The Kier molecular flexibility index (Phi) is 13.2. The van der Waals surface area contributed by atoms with Crippen LogP contribution in [0.2, 0.25) is 51.9 Å². The van der Waals surface area contributed by atoms with Crippen LogP contribution in [0.4, 0.5) is 0 Å². The van der Waals surface area contributed by atoms with Gasteiger partial charge in [0.2, 0.25) is 0 Å². The van der Waals surface area contributed by atoms with E-state index in [0.717, 1.165) is 12.5 Å². The molecule has 0 aliphatic carbocycles. The number of rotatable bonds is 13. The molecule has 0 rings (SSSR count). The highest BCUT2D eigenvalue weighted by Crippen LogP contribution is 2.25. The molecule has 162 valence electrons. The van der Waals surface area contributed by atoms with Gasteiger partial charge in [-0.3, -0.25) is 0 Å². The van der Waals surface area contributed by atoms with Gasteiger partial charge in [0.1, 0.15) is 12.7 Å². The van der Waals surface area contributed by atoms with Gasteiger partial charge in [0.05, 0.1) is 6.61 Å². The van der Waals surface area contributed by atoms with Crippen molar-refractivity contribution in [2.24, 2.45) is 0 Å². The number of carbonyl (C=O) groups excluding carboxylic acids is 1. The Balaban J connectivity index is 0. The van der Waals surface area contributed by atoms with E-state index in [9.17, 15) is 9.90 Å². The molecular formula is C18H42O6Si3. The lowest BCUT2D eigenvalue weighted by molar-refractivity contribution is -0.143. The molecule has 1 unspecified atom stereocenters. The van der Waals surface area contributed by atoms with Gasteiger partial charge in [0.15, 0.2) is 16.6 Å². The third-order valence-corrected chi connectivity index (χ3v) is 12.6. The first-order chi connectivity index (χ1) is 11.6. The van der Waals surface area contributed by atoms with Gasteiger partial charge < -0.3 is 22.8 Å². The quantitative estimate of drug-likeness (QED) is 0.200. The molecule has 0 spiro atoms. The zero-order valence-corrected chi connectivity index (χ0v) is 20.8. The Morgan fingerprint density at radius 3 is 1.89 bits per heavy atom. The van der Waals surface area contributed by atoms with Crippen molar-refractivity contribution < 1.29 is 27.6 Å². The molecule has 6 nitrogen and oxygen atoms in total. The van der Waals surface area contributed by atoms with Crippen LogP contribution in [-0.4, -0.2) is 62.2 Å². The number of ether oxygens (including phenoxy) is 2. The molecular weight excluding hydrogens is 396 g/mol. The lowest BCUT2D eigenvalue weighted by Gasteiger charge is -2.38. The fourth-order valence-electron chi connectivity index (χ4n) is 2.48. The molecule has 27 heavy (non-hydrogen) atoms. The van der Waals surface area contributed by atoms with E-state index in [1.807, 2.05) is 0 Å². The number of hydrogen-bond acceptors (Lipinski definition) is 6. The first kappa shape index (κ1) is 28.9. The molecule has 0 aliphatic rings. The Bertz CT molecular complexity index is 441. The van der Waals surface area contributed by atoms with Crippen LogP contribution in [0.25, 0.3) is 0 Å². The van der Waals surface area contributed by atoms with E-state index in [1.165, 1.54) is 0 Å². The maximum atomic E-state index is 11.3. The third-order valence-electron chi connectivity index (χ3n) is 3.03. The zero-order chi connectivity index (χ0) is 20.6. The number of aliphatic hydroxyl groups is 1. The first-order valence-electron chi connectivity index (χ1n) is 9.12. The van der Waals surface area contributed by atoms with Crippen molar-refractivity contribution in [1.29, 1.82) is 0 Å². The fraction of sp³-hybridized carbons (Fsp3) is 0.833. The second-order valence-corrected chi connectivity index (χ2v) is 21.6. The summed E-state index contributed by atoms with van der Waals surface area (Å²) in [6.07, 6.45) is -0.0194. The second kappa shape index (κ2) is 12.3. The smallest absolute Gasteiger partial charge is 0.333 e. The van der Waals surface area contributed by atoms with Crippen molar-refractivity contribution in [3.8, 4) is 0 Å². The van der Waals surface area contributed by atoms with Crippen molar-refractivity contribution >= 4 is 31.2 Å². The summed E-state index contributed by atoms with van der Waals surface area (Å²) in [5.41, 5.74) is 0.312. The summed E-state index contributed by atoms with van der Waals surface area (Å²) in [5.74, 6) is -0.502. The second-order valence-electron chi connectivity index (χ2n) is 8.77. The van der Waals surface area contributed by atoms with Crippen LogP contribution in [0.5, 0.6) is 0 Å². The van der Waals surface area contributed by atoms with Crippen LogP contribution in [0.3, 0.4) is 0 Å². The number of carbonyl (C=O) groups is 1. The Morgan fingerprint density at radius 2 is 1.48 bits per heavy atom. The normalized spacial score (nSPS) is 13.7. The molecule has 1 N–H and O–H groups in total. The van der Waals surface area contributed by atoms with E-state index >= 15 is 0 Å². The number of hydrogen-bond donors (Lipinski definition) is 1. The highest BCUT2D eigenvalue weighted by Gasteiger charge is 2.39. The standard InChI is InChI=1S/C17H38O6Si3.CH4/c1-15(2)17(19)21-14-16(18)13-20-11-10-12-26(9,22-24(3,4)5)23-25(6,7)8;/h16,18H,1,10-14H2,2-9H3;1H4. The first-order valence-corrected chi connectivity index (χ1v) is 18.5. The number of esters is 1. The van der Waals surface area contributed by atoms with E-state index in [-0.39, 0.29) is 20.6 Å². The Labute approximate surface area is 169 Å². The van der Waals surface area contributed by atoms with Gasteiger partial charge in [0, 0.05) is 12.2 Å². The monoisotopic (exact) mass is 438 g/mol. The van der Waals surface area contributed by atoms with Crippen LogP contribution in [0.1, 0.15) is 20.8 Å². The van der Waals surface area contributed by atoms with Gasteiger partial charge in [-0.05, 0) is 65.2 Å². The van der Waals surface area contributed by atoms with Crippen molar-refractivity contribution in [3.05, 3.63) is 12.2 Å². The highest BCUT2D eigenvalue weighted by atomic mass is 28.5. The minimum Gasteiger partial charge on any atom is -0.460 e. The fourth-order valence-corrected chi connectivity index (χ4v) is 15.0. The minimum absolute atomic E-state index is 0. The van der Waals surface area contributed by atoms with Crippen LogP contribution >= 0.6 is 0 Å². The molecule has 1 atom stereocenters. The van der Waals surface area contributed by atoms with Crippen molar-refractivity contribution in [1.82, 2.24) is 0 Å². The van der Waals surface area contributed by atoms with Crippen LogP contribution in [0, 0.1) is 0 Å². The summed E-state index contributed by atoms with van der Waals surface area (Å²) in [4.78, 5) is 11.3. The maximum absolute atomic E-state index is 11.3. The highest BCUT2D eigenvalue weighted by molar-refractivity contribution is 6.87. The zero-order valence-electron chi connectivity index (χ0n) is 17.8. The molecule has 0 amide bonds. The lowest BCUT2D eigenvalue weighted by atomic mass is 10.3. The third kappa shape index (κ3) is 16.4. The van der Waals surface area contributed by atoms with Gasteiger partial charge in [-0.2, -0.15) is 0 Å². The van der Waals surface area contributed by atoms with Crippen molar-refractivity contribution in [2.75, 3.05) is 19.8 Å². The van der Waals surface area contributed by atoms with E-state index in [2.05, 4.69) is 52.4 Å². The molecule has 9 heteroatoms. The summed E-state index contributed by atoms with van der Waals surface area (Å²) in [5, 5.41) is 9.78. The van der Waals surface area contributed by atoms with E-state index < -0.39 is 37.3 Å². The van der Waals surface area contributed by atoms with Gasteiger partial charge in [0.25, 0.3) is 0 Å². The average molecular weight is 439 g/mol. The topological polar surface area (TPSA) is 74.2 Å². The average Bonchev–Trinajstić information content (AvgIpc) is 2.39. The molecule has 0 saturated carbocycles. The van der Waals surface area contributed by atoms with Crippen molar-refractivity contribution in [2.45, 2.75) is 78.7 Å². The van der Waals surface area contributed by atoms with E-state index in [1.54, 1.807) is 6.92 Å². The SMILES string of the molecule is C.C=C(C)C(=O)OCC(O)COCCC[Si](C)(O[Si](C)(C)C)O[Si](C)(C)C. The van der Waals surface area contributed by atoms with Gasteiger partial charge >= 0.3 is 14.5 Å². The summed E-state index contributed by atoms with van der Waals surface area (Å²) < 4.78 is 23.3.